The summed E-state index contributed by atoms with van der Waals surface area (Å²) in [5, 5.41) is 0. The van der Waals surface area contributed by atoms with Crippen LogP contribution in [0.5, 0.6) is 0 Å². The van der Waals surface area contributed by atoms with Gasteiger partial charge in [0.05, 0.1) is 11.5 Å². The molecule has 0 radical (unpaired) electrons. The van der Waals surface area contributed by atoms with Crippen molar-refractivity contribution in [2.24, 2.45) is 5.73 Å². The summed E-state index contributed by atoms with van der Waals surface area (Å²) in [7, 11) is -3.84. The van der Waals surface area contributed by atoms with Crippen molar-refractivity contribution in [2.45, 2.75) is 43.2 Å². The van der Waals surface area contributed by atoms with Crippen LogP contribution in [0.2, 0.25) is 0 Å². The van der Waals surface area contributed by atoms with Gasteiger partial charge in [0.15, 0.2) is 0 Å². The maximum absolute atomic E-state index is 12.7. The molecule has 11 heteroatoms. The zero-order valence-electron chi connectivity index (χ0n) is 13.6. The first kappa shape index (κ1) is 24.1. The lowest BCUT2D eigenvalue weighted by Gasteiger charge is -2.19. The second kappa shape index (κ2) is 9.13. The van der Waals surface area contributed by atoms with E-state index in [1.807, 2.05) is 0 Å². The summed E-state index contributed by atoms with van der Waals surface area (Å²) >= 11 is 0. The largest absolute Gasteiger partial charge is 0.370 e. The van der Waals surface area contributed by atoms with Gasteiger partial charge in [0.1, 0.15) is 6.61 Å². The molecule has 0 fully saturated rings. The molecule has 0 amide bonds. The quantitative estimate of drug-likeness (QED) is 0.615. The number of nitrogens with one attached hydrogen (secondary N) is 1. The molecular formula is C14H21ClF4N2O3S. The van der Waals surface area contributed by atoms with E-state index in [-0.39, 0.29) is 29.4 Å². The van der Waals surface area contributed by atoms with Crippen LogP contribution in [-0.2, 0) is 21.4 Å². The van der Waals surface area contributed by atoms with Crippen LogP contribution >= 0.6 is 12.4 Å². The molecule has 146 valence electrons. The van der Waals surface area contributed by atoms with Gasteiger partial charge in [-0.1, -0.05) is 12.1 Å². The molecule has 0 aromatic heterocycles. The Morgan fingerprint density at radius 1 is 1.28 bits per heavy atom. The fourth-order valence-electron chi connectivity index (χ4n) is 1.53. The number of benzene rings is 1. The Hall–Kier alpha value is -0.940. The van der Waals surface area contributed by atoms with E-state index in [0.29, 0.717) is 0 Å². The van der Waals surface area contributed by atoms with Crippen molar-refractivity contribution in [3.8, 4) is 0 Å². The molecule has 0 aliphatic heterocycles. The van der Waals surface area contributed by atoms with Gasteiger partial charge >= 0.3 is 12.3 Å². The predicted molar refractivity (Wildman–Crippen MR) is 87.8 cm³/mol. The Morgan fingerprint density at radius 3 is 2.40 bits per heavy atom. The molecular weight excluding hydrogens is 388 g/mol. The summed E-state index contributed by atoms with van der Waals surface area (Å²) < 4.78 is 80.6. The van der Waals surface area contributed by atoms with Crippen LogP contribution in [0.1, 0.15) is 19.4 Å². The zero-order valence-corrected chi connectivity index (χ0v) is 15.3. The van der Waals surface area contributed by atoms with Crippen molar-refractivity contribution < 1.29 is 30.7 Å². The van der Waals surface area contributed by atoms with Crippen LogP contribution in [0.25, 0.3) is 0 Å². The van der Waals surface area contributed by atoms with Gasteiger partial charge in [0.2, 0.25) is 10.0 Å². The monoisotopic (exact) mass is 408 g/mol. The number of hydrogen-bond acceptors (Lipinski definition) is 4. The van der Waals surface area contributed by atoms with Gasteiger partial charge < -0.3 is 10.5 Å². The first-order chi connectivity index (χ1) is 10.8. The predicted octanol–water partition coefficient (Wildman–Crippen LogP) is 2.54. The van der Waals surface area contributed by atoms with E-state index in [4.69, 9.17) is 5.73 Å². The number of alkyl halides is 4. The van der Waals surface area contributed by atoms with E-state index >= 15 is 0 Å². The van der Waals surface area contributed by atoms with Crippen molar-refractivity contribution in [1.82, 2.24) is 4.72 Å². The van der Waals surface area contributed by atoms with E-state index in [9.17, 15) is 26.0 Å². The van der Waals surface area contributed by atoms with Crippen molar-refractivity contribution in [3.05, 3.63) is 29.8 Å². The summed E-state index contributed by atoms with van der Waals surface area (Å²) in [4.78, 5) is -0.103. The van der Waals surface area contributed by atoms with E-state index in [1.165, 1.54) is 24.3 Å². The van der Waals surface area contributed by atoms with Gasteiger partial charge in [-0.2, -0.15) is 8.78 Å². The molecule has 1 aromatic carbocycles. The molecule has 5 nitrogen and oxygen atoms in total. The van der Waals surface area contributed by atoms with Gasteiger partial charge in [0.25, 0.3) is 0 Å². The fraction of sp³-hybridized carbons (Fsp3) is 0.571. The van der Waals surface area contributed by atoms with Gasteiger partial charge in [0, 0.05) is 12.1 Å². The normalized spacial score (nSPS) is 13.0. The molecule has 0 saturated heterocycles. The SMILES string of the molecule is CC(C)(N)CNS(=O)(=O)c1cccc(COCC(F)(F)C(F)F)c1.Cl. The molecule has 0 saturated carbocycles. The summed E-state index contributed by atoms with van der Waals surface area (Å²) in [6.45, 7) is 1.40. The highest BCUT2D eigenvalue weighted by molar-refractivity contribution is 7.89. The number of sulfonamides is 1. The minimum absolute atomic E-state index is 0. The third-order valence-electron chi connectivity index (χ3n) is 2.81. The van der Waals surface area contributed by atoms with Crippen LogP contribution in [0.4, 0.5) is 17.6 Å². The molecule has 25 heavy (non-hydrogen) atoms. The highest BCUT2D eigenvalue weighted by Crippen LogP contribution is 2.23. The molecule has 0 heterocycles. The third kappa shape index (κ3) is 8.32. The Kier molecular flexibility index (Phi) is 8.79. The highest BCUT2D eigenvalue weighted by Gasteiger charge is 2.40. The lowest BCUT2D eigenvalue weighted by molar-refractivity contribution is -0.168. The first-order valence-corrected chi connectivity index (χ1v) is 8.43. The molecule has 0 aliphatic rings. The number of hydrogen-bond donors (Lipinski definition) is 2. The number of ether oxygens (including phenoxy) is 1. The molecule has 3 N–H and O–H groups in total. The maximum atomic E-state index is 12.7. The van der Waals surface area contributed by atoms with Crippen molar-refractivity contribution in [3.63, 3.8) is 0 Å². The lowest BCUT2D eigenvalue weighted by Crippen LogP contribution is -2.45. The molecule has 0 atom stereocenters. The molecule has 1 aromatic rings. The lowest BCUT2D eigenvalue weighted by atomic mass is 10.1. The number of nitrogens with two attached hydrogens (primary N) is 1. The smallest absolute Gasteiger partial charge is 0.330 e. The van der Waals surface area contributed by atoms with Crippen molar-refractivity contribution in [1.29, 1.82) is 0 Å². The molecule has 0 spiro atoms. The van der Waals surface area contributed by atoms with Crippen molar-refractivity contribution in [2.75, 3.05) is 13.2 Å². The van der Waals surface area contributed by atoms with Gasteiger partial charge in [-0.15, -0.1) is 12.4 Å². The molecule has 1 rings (SSSR count). The van der Waals surface area contributed by atoms with Crippen molar-refractivity contribution >= 4 is 22.4 Å². The van der Waals surface area contributed by atoms with Crippen LogP contribution in [0.3, 0.4) is 0 Å². The van der Waals surface area contributed by atoms with E-state index in [2.05, 4.69) is 9.46 Å². The van der Waals surface area contributed by atoms with Crippen LogP contribution in [0.15, 0.2) is 29.2 Å². The number of halogens is 5. The maximum Gasteiger partial charge on any atom is 0.330 e. The average Bonchev–Trinajstić information content (AvgIpc) is 2.44. The van der Waals surface area contributed by atoms with E-state index in [1.54, 1.807) is 13.8 Å². The van der Waals surface area contributed by atoms with Crippen LogP contribution < -0.4 is 10.5 Å². The second-order valence-corrected chi connectivity index (χ2v) is 7.78. The fourth-order valence-corrected chi connectivity index (χ4v) is 2.83. The zero-order chi connectivity index (χ0) is 18.6. The Morgan fingerprint density at radius 2 is 1.88 bits per heavy atom. The van der Waals surface area contributed by atoms with E-state index in [0.717, 1.165) is 0 Å². The second-order valence-electron chi connectivity index (χ2n) is 6.02. The first-order valence-electron chi connectivity index (χ1n) is 6.95. The van der Waals surface area contributed by atoms with E-state index < -0.39 is 41.1 Å². The average molecular weight is 409 g/mol. The van der Waals surface area contributed by atoms with Gasteiger partial charge in [-0.25, -0.2) is 21.9 Å². The number of rotatable bonds is 9. The minimum Gasteiger partial charge on any atom is -0.370 e. The van der Waals surface area contributed by atoms with Crippen LogP contribution in [0, 0.1) is 0 Å². The van der Waals surface area contributed by atoms with Gasteiger partial charge in [-0.3, -0.25) is 0 Å². The third-order valence-corrected chi connectivity index (χ3v) is 4.21. The molecule has 0 aliphatic carbocycles. The standard InChI is InChI=1S/C14H20F4N2O3S.ClH/c1-13(2,19)8-20-24(21,22)11-5-3-4-10(6-11)7-23-9-14(17,18)12(15)16;/h3-6,12,20H,7-9,19H2,1-2H3;1H. The topological polar surface area (TPSA) is 81.4 Å². The van der Waals surface area contributed by atoms with Crippen LogP contribution in [-0.4, -0.2) is 39.5 Å². The Labute approximate surface area is 150 Å². The summed E-state index contributed by atoms with van der Waals surface area (Å²) in [6.07, 6.45) is -3.83. The van der Waals surface area contributed by atoms with Gasteiger partial charge in [-0.05, 0) is 31.5 Å². The summed E-state index contributed by atoms with van der Waals surface area (Å²) in [5.41, 5.74) is 5.21. The summed E-state index contributed by atoms with van der Waals surface area (Å²) in [6, 6.07) is 5.36. The molecule has 0 bridgehead atoms. The minimum atomic E-state index is -4.25. The summed E-state index contributed by atoms with van der Waals surface area (Å²) in [5.74, 6) is -4.25. The Balaban J connectivity index is 0.00000576. The highest BCUT2D eigenvalue weighted by atomic mass is 35.5. The Bertz CT molecular complexity index is 652. The molecule has 0 unspecified atom stereocenters.